The van der Waals surface area contributed by atoms with Crippen molar-refractivity contribution in [2.45, 2.75) is 0 Å². The second-order valence-corrected chi connectivity index (χ2v) is 3.96. The Hall–Kier alpha value is -2.55. The van der Waals surface area contributed by atoms with Gasteiger partial charge in [-0.3, -0.25) is 4.79 Å². The lowest BCUT2D eigenvalue weighted by molar-refractivity contribution is 0.483. The highest BCUT2D eigenvalue weighted by atomic mass is 16.5. The van der Waals surface area contributed by atoms with E-state index in [1.165, 1.54) is 6.07 Å². The Morgan fingerprint density at radius 3 is 2.56 bits per heavy atom. The van der Waals surface area contributed by atoms with E-state index >= 15 is 0 Å². The minimum atomic E-state index is 0.00927. The molecule has 0 amide bonds. The number of H-pyrrole nitrogens is 1. The van der Waals surface area contributed by atoms with Gasteiger partial charge in [-0.2, -0.15) is 0 Å². The van der Waals surface area contributed by atoms with Crippen LogP contribution in [-0.4, -0.2) is 4.98 Å². The summed E-state index contributed by atoms with van der Waals surface area (Å²) in [6.07, 6.45) is 1.64. The van der Waals surface area contributed by atoms with E-state index in [0.29, 0.717) is 11.1 Å². The first-order valence-electron chi connectivity index (χ1n) is 5.67. The van der Waals surface area contributed by atoms with Crippen molar-refractivity contribution in [1.82, 2.24) is 4.98 Å². The summed E-state index contributed by atoms with van der Waals surface area (Å²) in [5.74, 6) is 1.48. The minimum Gasteiger partial charge on any atom is -0.457 e. The molecule has 0 radical (unpaired) electrons. The number of aromatic nitrogens is 1. The smallest absolute Gasteiger partial charge is 0.189 e. The highest BCUT2D eigenvalue weighted by molar-refractivity contribution is 5.79. The Balaban J connectivity index is 2.02. The van der Waals surface area contributed by atoms with Crippen molar-refractivity contribution in [1.29, 1.82) is 0 Å². The van der Waals surface area contributed by atoms with Gasteiger partial charge in [-0.25, -0.2) is 0 Å². The molecule has 0 saturated carbocycles. The van der Waals surface area contributed by atoms with Crippen LogP contribution < -0.4 is 10.2 Å². The second-order valence-electron chi connectivity index (χ2n) is 3.96. The van der Waals surface area contributed by atoms with Gasteiger partial charge in [0.05, 0.1) is 5.52 Å². The molecule has 0 fully saturated rings. The van der Waals surface area contributed by atoms with Gasteiger partial charge in [-0.1, -0.05) is 18.2 Å². The van der Waals surface area contributed by atoms with Crippen LogP contribution in [0.1, 0.15) is 0 Å². The van der Waals surface area contributed by atoms with E-state index in [2.05, 4.69) is 4.98 Å². The Morgan fingerprint density at radius 2 is 1.72 bits per heavy atom. The van der Waals surface area contributed by atoms with E-state index in [1.807, 2.05) is 36.4 Å². The van der Waals surface area contributed by atoms with Crippen molar-refractivity contribution < 1.29 is 4.74 Å². The number of nitrogens with one attached hydrogen (secondary N) is 1. The van der Waals surface area contributed by atoms with Gasteiger partial charge in [0.15, 0.2) is 5.43 Å². The van der Waals surface area contributed by atoms with E-state index < -0.39 is 0 Å². The van der Waals surface area contributed by atoms with Crippen LogP contribution in [0.3, 0.4) is 0 Å². The summed E-state index contributed by atoms with van der Waals surface area (Å²) in [5, 5.41) is 0.665. The molecule has 3 heteroatoms. The topological polar surface area (TPSA) is 42.1 Å². The molecule has 0 aliphatic rings. The van der Waals surface area contributed by atoms with Crippen molar-refractivity contribution in [3.63, 3.8) is 0 Å². The maximum atomic E-state index is 11.6. The molecule has 18 heavy (non-hydrogen) atoms. The Labute approximate surface area is 104 Å². The first kappa shape index (κ1) is 10.6. The van der Waals surface area contributed by atoms with Crippen LogP contribution in [0.4, 0.5) is 0 Å². The predicted octanol–water partition coefficient (Wildman–Crippen LogP) is 3.32. The summed E-state index contributed by atoms with van der Waals surface area (Å²) in [7, 11) is 0. The lowest BCUT2D eigenvalue weighted by Crippen LogP contribution is -1.99. The van der Waals surface area contributed by atoms with Crippen molar-refractivity contribution in [2.75, 3.05) is 0 Å². The fourth-order valence-corrected chi connectivity index (χ4v) is 1.84. The number of benzene rings is 2. The molecule has 2 aromatic carbocycles. The van der Waals surface area contributed by atoms with Gasteiger partial charge in [0, 0.05) is 23.7 Å². The molecule has 3 nitrogen and oxygen atoms in total. The minimum absolute atomic E-state index is 0.00927. The molecule has 0 saturated heterocycles. The summed E-state index contributed by atoms with van der Waals surface area (Å²) < 4.78 is 5.70. The van der Waals surface area contributed by atoms with Gasteiger partial charge in [0.2, 0.25) is 0 Å². The van der Waals surface area contributed by atoms with E-state index in [9.17, 15) is 4.79 Å². The van der Waals surface area contributed by atoms with Gasteiger partial charge in [0.1, 0.15) is 11.5 Å². The van der Waals surface area contributed by atoms with Crippen LogP contribution >= 0.6 is 0 Å². The molecule has 0 bridgehead atoms. The number of ether oxygens (including phenoxy) is 1. The molecule has 0 atom stereocenters. The molecular formula is C15H11NO2. The van der Waals surface area contributed by atoms with Crippen LogP contribution in [0.25, 0.3) is 10.9 Å². The molecule has 1 N–H and O–H groups in total. The van der Waals surface area contributed by atoms with Crippen LogP contribution in [-0.2, 0) is 0 Å². The molecule has 0 aliphatic heterocycles. The Morgan fingerprint density at radius 1 is 0.889 bits per heavy atom. The van der Waals surface area contributed by atoms with E-state index in [0.717, 1.165) is 11.3 Å². The zero-order chi connectivity index (χ0) is 12.4. The van der Waals surface area contributed by atoms with Crippen LogP contribution in [0.15, 0.2) is 65.6 Å². The predicted molar refractivity (Wildman–Crippen MR) is 71.1 cm³/mol. The fraction of sp³-hybridized carbons (Fsp3) is 0. The lowest BCUT2D eigenvalue weighted by Gasteiger charge is -2.06. The molecule has 3 rings (SSSR count). The monoisotopic (exact) mass is 237 g/mol. The Bertz CT molecular complexity index is 732. The van der Waals surface area contributed by atoms with Crippen LogP contribution in [0.2, 0.25) is 0 Å². The quantitative estimate of drug-likeness (QED) is 0.742. The standard InChI is InChI=1S/C15H11NO2/c17-15-8-9-16-14-10-12(6-7-13(14)15)18-11-4-2-1-3-5-11/h1-10H,(H,16,17). The first-order chi connectivity index (χ1) is 8.83. The third-order valence-corrected chi connectivity index (χ3v) is 2.71. The fourth-order valence-electron chi connectivity index (χ4n) is 1.84. The lowest BCUT2D eigenvalue weighted by atomic mass is 10.2. The van der Waals surface area contributed by atoms with Gasteiger partial charge >= 0.3 is 0 Å². The van der Waals surface area contributed by atoms with E-state index in [4.69, 9.17) is 4.74 Å². The third kappa shape index (κ3) is 1.98. The number of hydrogen-bond donors (Lipinski definition) is 1. The SMILES string of the molecule is O=c1cc[nH]c2cc(Oc3ccccc3)ccc12. The molecule has 0 unspecified atom stereocenters. The van der Waals surface area contributed by atoms with Crippen LogP contribution in [0, 0.1) is 0 Å². The summed E-state index contributed by atoms with van der Waals surface area (Å²) in [5.41, 5.74) is 0.783. The zero-order valence-electron chi connectivity index (χ0n) is 9.59. The van der Waals surface area contributed by atoms with Gasteiger partial charge < -0.3 is 9.72 Å². The number of pyridine rings is 1. The second kappa shape index (κ2) is 4.37. The molecular weight excluding hydrogens is 226 g/mol. The summed E-state index contributed by atoms with van der Waals surface area (Å²) in [4.78, 5) is 14.6. The highest BCUT2D eigenvalue weighted by Gasteiger charge is 2.01. The van der Waals surface area contributed by atoms with Crippen LogP contribution in [0.5, 0.6) is 11.5 Å². The van der Waals surface area contributed by atoms with Gasteiger partial charge in [-0.05, 0) is 24.3 Å². The average Bonchev–Trinajstić information content (AvgIpc) is 2.40. The van der Waals surface area contributed by atoms with Crippen molar-refractivity contribution in [2.24, 2.45) is 0 Å². The maximum absolute atomic E-state index is 11.6. The van der Waals surface area contributed by atoms with Crippen molar-refractivity contribution in [3.8, 4) is 11.5 Å². The van der Waals surface area contributed by atoms with E-state index in [1.54, 1.807) is 18.3 Å². The third-order valence-electron chi connectivity index (χ3n) is 2.71. The average molecular weight is 237 g/mol. The maximum Gasteiger partial charge on any atom is 0.189 e. The molecule has 3 aromatic rings. The van der Waals surface area contributed by atoms with Crippen molar-refractivity contribution >= 4 is 10.9 Å². The summed E-state index contributed by atoms with van der Waals surface area (Å²) in [6, 6.07) is 16.4. The highest BCUT2D eigenvalue weighted by Crippen LogP contribution is 2.23. The molecule has 88 valence electrons. The zero-order valence-corrected chi connectivity index (χ0v) is 9.59. The normalized spacial score (nSPS) is 10.4. The largest absolute Gasteiger partial charge is 0.457 e. The first-order valence-corrected chi connectivity index (χ1v) is 5.67. The molecule has 1 aromatic heterocycles. The number of aromatic amines is 1. The van der Waals surface area contributed by atoms with E-state index in [-0.39, 0.29) is 5.43 Å². The summed E-state index contributed by atoms with van der Waals surface area (Å²) >= 11 is 0. The Kier molecular flexibility index (Phi) is 2.57. The molecule has 0 aliphatic carbocycles. The summed E-state index contributed by atoms with van der Waals surface area (Å²) in [6.45, 7) is 0. The van der Waals surface area contributed by atoms with Crippen molar-refractivity contribution in [3.05, 3.63) is 71.0 Å². The van der Waals surface area contributed by atoms with Gasteiger partial charge in [0.25, 0.3) is 0 Å². The van der Waals surface area contributed by atoms with Gasteiger partial charge in [-0.15, -0.1) is 0 Å². The molecule has 1 heterocycles. The number of hydrogen-bond acceptors (Lipinski definition) is 2. The number of fused-ring (bicyclic) bond motifs is 1. The number of rotatable bonds is 2. The molecule has 0 spiro atoms. The number of para-hydroxylation sites is 1.